The van der Waals surface area contributed by atoms with Gasteiger partial charge in [-0.2, -0.15) is 0 Å². The molecule has 31 heavy (non-hydrogen) atoms. The molecule has 0 spiro atoms. The van der Waals surface area contributed by atoms with E-state index in [0.29, 0.717) is 16.3 Å². The molecule has 158 valence electrons. The van der Waals surface area contributed by atoms with Gasteiger partial charge in [0, 0.05) is 23.2 Å². The Morgan fingerprint density at radius 2 is 1.65 bits per heavy atom. The van der Waals surface area contributed by atoms with Crippen LogP contribution in [0.2, 0.25) is 0 Å². The largest absolute Gasteiger partial charge is 0.366 e. The second kappa shape index (κ2) is 8.31. The zero-order valence-electron chi connectivity index (χ0n) is 17.5. The van der Waals surface area contributed by atoms with Crippen molar-refractivity contribution < 1.29 is 9.59 Å². The lowest BCUT2D eigenvalue weighted by Crippen LogP contribution is -2.33. The van der Waals surface area contributed by atoms with E-state index in [-0.39, 0.29) is 18.0 Å². The first kappa shape index (κ1) is 20.7. The lowest BCUT2D eigenvalue weighted by Gasteiger charge is -2.24. The zero-order valence-corrected chi connectivity index (χ0v) is 18.3. The number of hydrogen-bond donors (Lipinski definition) is 2. The number of anilines is 2. The third-order valence-electron chi connectivity index (χ3n) is 5.39. The van der Waals surface area contributed by atoms with Gasteiger partial charge in [0.15, 0.2) is 0 Å². The van der Waals surface area contributed by atoms with Crippen molar-refractivity contribution in [1.82, 2.24) is 10.2 Å². The molecule has 3 aromatic rings. The summed E-state index contributed by atoms with van der Waals surface area (Å²) in [5.41, 5.74) is 8.92. The summed E-state index contributed by atoms with van der Waals surface area (Å²) in [5, 5.41) is 12.5. The molecule has 1 aliphatic rings. The molecule has 0 radical (unpaired) electrons. The minimum absolute atomic E-state index is 0.239. The summed E-state index contributed by atoms with van der Waals surface area (Å²) in [5.74, 6) is -0.711. The molecular formula is C23H23N5O2S. The first-order chi connectivity index (χ1) is 14.8. The Balaban J connectivity index is 1.54. The van der Waals surface area contributed by atoms with E-state index in [0.717, 1.165) is 21.8 Å². The van der Waals surface area contributed by atoms with Crippen LogP contribution in [-0.2, 0) is 0 Å². The molecule has 2 aromatic carbocycles. The van der Waals surface area contributed by atoms with Crippen LogP contribution in [0.5, 0.6) is 0 Å². The van der Waals surface area contributed by atoms with E-state index < -0.39 is 5.91 Å². The summed E-state index contributed by atoms with van der Waals surface area (Å²) in [6, 6.07) is 13.1. The molecule has 0 fully saturated rings. The number of hydrogen-bond acceptors (Lipinski definition) is 6. The number of rotatable bonds is 5. The summed E-state index contributed by atoms with van der Waals surface area (Å²) in [4.78, 5) is 26.4. The molecule has 0 saturated heterocycles. The minimum atomic E-state index is -0.472. The predicted molar refractivity (Wildman–Crippen MR) is 124 cm³/mol. The Morgan fingerprint density at radius 1 is 1.00 bits per heavy atom. The standard InChI is InChI=1S/C23H23N5O2S/c1-13-4-7-18(16-8-10-17(11-9-16)20(24)29)12-19(13)21(30)25-22-26-27-23(31-22)28-14(2)5-6-15(28)3/h4-12,14-15H,1-3H3,(H2,24,29)(H,25,26,30). The Morgan fingerprint density at radius 3 is 2.29 bits per heavy atom. The molecule has 2 unspecified atom stereocenters. The number of carbonyl (C=O) groups is 2. The SMILES string of the molecule is Cc1ccc(-c2ccc(C(N)=O)cc2)cc1C(=O)Nc1nnc(N2C(C)C=CC2C)s1. The van der Waals surface area contributed by atoms with Crippen molar-refractivity contribution in [2.75, 3.05) is 10.2 Å². The number of nitrogens with two attached hydrogens (primary N) is 1. The van der Waals surface area contributed by atoms with E-state index in [2.05, 4.69) is 46.4 Å². The van der Waals surface area contributed by atoms with Gasteiger partial charge >= 0.3 is 0 Å². The number of aryl methyl sites for hydroxylation is 1. The van der Waals surface area contributed by atoms with Crippen molar-refractivity contribution in [3.63, 3.8) is 0 Å². The van der Waals surface area contributed by atoms with Gasteiger partial charge in [-0.05, 0) is 55.7 Å². The van der Waals surface area contributed by atoms with Gasteiger partial charge in [0.25, 0.3) is 5.91 Å². The molecule has 0 saturated carbocycles. The molecule has 4 rings (SSSR count). The number of carbonyl (C=O) groups excluding carboxylic acids is 2. The first-order valence-electron chi connectivity index (χ1n) is 9.96. The number of benzene rings is 2. The average Bonchev–Trinajstić information content (AvgIpc) is 3.33. The molecule has 2 heterocycles. The van der Waals surface area contributed by atoms with Crippen LogP contribution in [0.3, 0.4) is 0 Å². The monoisotopic (exact) mass is 433 g/mol. The van der Waals surface area contributed by atoms with Crippen LogP contribution in [-0.4, -0.2) is 34.1 Å². The number of nitrogens with one attached hydrogen (secondary N) is 1. The van der Waals surface area contributed by atoms with Crippen molar-refractivity contribution >= 4 is 33.4 Å². The van der Waals surface area contributed by atoms with Crippen LogP contribution in [0, 0.1) is 6.92 Å². The molecule has 1 aromatic heterocycles. The molecule has 7 nitrogen and oxygen atoms in total. The molecule has 0 aliphatic carbocycles. The topological polar surface area (TPSA) is 101 Å². The molecule has 3 N–H and O–H groups in total. The lowest BCUT2D eigenvalue weighted by molar-refractivity contribution is 0.0997. The third kappa shape index (κ3) is 4.20. The Bertz CT molecular complexity index is 1160. The summed E-state index contributed by atoms with van der Waals surface area (Å²) in [6.07, 6.45) is 4.27. The van der Waals surface area contributed by atoms with Crippen molar-refractivity contribution in [3.05, 3.63) is 71.3 Å². The van der Waals surface area contributed by atoms with Crippen molar-refractivity contribution in [2.24, 2.45) is 5.73 Å². The van der Waals surface area contributed by atoms with E-state index in [1.807, 2.05) is 37.3 Å². The molecule has 2 amide bonds. The van der Waals surface area contributed by atoms with Crippen LogP contribution in [0.1, 0.15) is 40.1 Å². The van der Waals surface area contributed by atoms with Crippen molar-refractivity contribution in [2.45, 2.75) is 32.9 Å². The first-order valence-corrected chi connectivity index (χ1v) is 10.8. The van der Waals surface area contributed by atoms with Crippen LogP contribution < -0.4 is 16.0 Å². The van der Waals surface area contributed by atoms with Gasteiger partial charge in [-0.3, -0.25) is 14.9 Å². The molecule has 2 atom stereocenters. The van der Waals surface area contributed by atoms with Gasteiger partial charge in [-0.25, -0.2) is 0 Å². The van der Waals surface area contributed by atoms with Gasteiger partial charge in [0.05, 0.1) is 0 Å². The van der Waals surface area contributed by atoms with Gasteiger partial charge in [-0.15, -0.1) is 10.2 Å². The maximum atomic E-state index is 13.0. The van der Waals surface area contributed by atoms with E-state index >= 15 is 0 Å². The maximum Gasteiger partial charge on any atom is 0.257 e. The molecular weight excluding hydrogens is 410 g/mol. The van der Waals surface area contributed by atoms with Crippen molar-refractivity contribution in [1.29, 1.82) is 0 Å². The highest BCUT2D eigenvalue weighted by Crippen LogP contribution is 2.31. The summed E-state index contributed by atoms with van der Waals surface area (Å²) < 4.78 is 0. The summed E-state index contributed by atoms with van der Waals surface area (Å²) in [6.45, 7) is 6.09. The van der Waals surface area contributed by atoms with E-state index in [4.69, 9.17) is 5.73 Å². The Labute approximate surface area is 184 Å². The molecule has 8 heteroatoms. The number of amides is 2. The van der Waals surface area contributed by atoms with Gasteiger partial charge in [0.2, 0.25) is 16.2 Å². The maximum absolute atomic E-state index is 13.0. The quantitative estimate of drug-likeness (QED) is 0.592. The highest BCUT2D eigenvalue weighted by Gasteiger charge is 2.26. The van der Waals surface area contributed by atoms with Gasteiger partial charge < -0.3 is 10.6 Å². The fourth-order valence-corrected chi connectivity index (χ4v) is 4.55. The fraction of sp³-hybridized carbons (Fsp3) is 0.217. The highest BCUT2D eigenvalue weighted by atomic mass is 32.1. The second-order valence-corrected chi connectivity index (χ2v) is 8.54. The average molecular weight is 434 g/mol. The van der Waals surface area contributed by atoms with E-state index in [1.54, 1.807) is 12.1 Å². The number of primary amides is 1. The van der Waals surface area contributed by atoms with E-state index in [9.17, 15) is 9.59 Å². The van der Waals surface area contributed by atoms with Gasteiger partial charge in [-0.1, -0.05) is 47.8 Å². The Kier molecular flexibility index (Phi) is 5.56. The highest BCUT2D eigenvalue weighted by molar-refractivity contribution is 7.19. The Hall–Kier alpha value is -3.52. The third-order valence-corrected chi connectivity index (χ3v) is 6.24. The minimum Gasteiger partial charge on any atom is -0.366 e. The molecule has 1 aliphatic heterocycles. The van der Waals surface area contributed by atoms with Crippen LogP contribution >= 0.6 is 11.3 Å². The fourth-order valence-electron chi connectivity index (χ4n) is 3.63. The van der Waals surface area contributed by atoms with Crippen LogP contribution in [0.4, 0.5) is 10.3 Å². The van der Waals surface area contributed by atoms with Gasteiger partial charge in [0.1, 0.15) is 0 Å². The number of nitrogens with zero attached hydrogens (tertiary/aromatic N) is 3. The lowest BCUT2D eigenvalue weighted by atomic mass is 9.98. The van der Waals surface area contributed by atoms with Crippen molar-refractivity contribution in [3.8, 4) is 11.1 Å². The predicted octanol–water partition coefficient (Wildman–Crippen LogP) is 4.02. The van der Waals surface area contributed by atoms with Crippen LogP contribution in [0.25, 0.3) is 11.1 Å². The van der Waals surface area contributed by atoms with Crippen LogP contribution in [0.15, 0.2) is 54.6 Å². The van der Waals surface area contributed by atoms with E-state index in [1.165, 1.54) is 11.3 Å². The molecule has 0 bridgehead atoms. The summed E-state index contributed by atoms with van der Waals surface area (Å²) in [7, 11) is 0. The summed E-state index contributed by atoms with van der Waals surface area (Å²) >= 11 is 1.36. The number of aromatic nitrogens is 2. The smallest absolute Gasteiger partial charge is 0.257 e. The zero-order chi connectivity index (χ0) is 22.1. The normalized spacial score (nSPS) is 17.7. The second-order valence-electron chi connectivity index (χ2n) is 7.59.